The lowest BCUT2D eigenvalue weighted by atomic mass is 10.5. The standard InChI is InChI=1S/C3H7Br2O4P/c1-2-3-7-10(6,8-4)9-5/h2-3H2,1H3. The summed E-state index contributed by atoms with van der Waals surface area (Å²) in [5.41, 5.74) is 0. The van der Waals surface area contributed by atoms with Crippen LogP contribution in [0.1, 0.15) is 13.3 Å². The minimum atomic E-state index is -3.36. The van der Waals surface area contributed by atoms with Crippen LogP contribution in [0.2, 0.25) is 0 Å². The highest BCUT2D eigenvalue weighted by Gasteiger charge is 2.24. The summed E-state index contributed by atoms with van der Waals surface area (Å²) >= 11 is 5.04. The Balaban J connectivity index is 3.70. The molecule has 0 N–H and O–H groups in total. The second-order valence-corrected chi connectivity index (χ2v) is 4.58. The molecule has 0 aromatic rings. The first-order chi connectivity index (χ1) is 4.68. The Morgan fingerprint density at radius 2 is 1.90 bits per heavy atom. The van der Waals surface area contributed by atoms with Crippen LogP contribution in [-0.2, 0) is 16.3 Å². The van der Waals surface area contributed by atoms with Crippen molar-refractivity contribution in [1.82, 2.24) is 0 Å². The number of phosphoric acid groups is 1. The van der Waals surface area contributed by atoms with E-state index in [4.69, 9.17) is 4.52 Å². The van der Waals surface area contributed by atoms with Crippen molar-refractivity contribution in [3.05, 3.63) is 0 Å². The molecule has 0 heterocycles. The third-order valence-corrected chi connectivity index (χ3v) is 3.59. The lowest BCUT2D eigenvalue weighted by Crippen LogP contribution is -1.90. The summed E-state index contributed by atoms with van der Waals surface area (Å²) in [7, 11) is -3.36. The number of hydrogen-bond acceptors (Lipinski definition) is 4. The maximum Gasteiger partial charge on any atom is 0.497 e. The molecule has 0 aliphatic rings. The molecule has 0 aromatic heterocycles. The summed E-state index contributed by atoms with van der Waals surface area (Å²) in [6.07, 6.45) is 0.747. The first-order valence-electron chi connectivity index (χ1n) is 2.53. The molecule has 0 unspecified atom stereocenters. The molecule has 0 fully saturated rings. The fraction of sp³-hybridized carbons (Fsp3) is 1.00. The molecule has 0 aliphatic carbocycles. The lowest BCUT2D eigenvalue weighted by Gasteiger charge is -2.08. The first-order valence-corrected chi connectivity index (χ1v) is 5.29. The van der Waals surface area contributed by atoms with E-state index in [1.165, 1.54) is 0 Å². The van der Waals surface area contributed by atoms with Gasteiger partial charge in [-0.3, -0.25) is 4.52 Å². The van der Waals surface area contributed by atoms with Crippen LogP contribution >= 0.6 is 40.3 Å². The van der Waals surface area contributed by atoms with E-state index in [1.807, 2.05) is 6.92 Å². The highest BCUT2D eigenvalue weighted by Crippen LogP contribution is 2.53. The Hall–Kier alpha value is 1.07. The Morgan fingerprint density at radius 1 is 1.40 bits per heavy atom. The summed E-state index contributed by atoms with van der Waals surface area (Å²) in [6.45, 7) is 2.21. The molecule has 0 saturated carbocycles. The van der Waals surface area contributed by atoms with E-state index in [9.17, 15) is 4.57 Å². The number of rotatable bonds is 5. The predicted molar refractivity (Wildman–Crippen MR) is 43.9 cm³/mol. The molecule has 0 spiro atoms. The Labute approximate surface area is 76.7 Å². The minimum absolute atomic E-state index is 0.328. The Bertz CT molecular complexity index is 122. The van der Waals surface area contributed by atoms with Crippen LogP contribution in [0.5, 0.6) is 0 Å². The van der Waals surface area contributed by atoms with Gasteiger partial charge in [0.1, 0.15) is 32.5 Å². The van der Waals surface area contributed by atoms with Gasteiger partial charge in [-0.15, -0.1) is 0 Å². The summed E-state index contributed by atoms with van der Waals surface area (Å²) in [4.78, 5) is 0. The van der Waals surface area contributed by atoms with E-state index in [0.29, 0.717) is 6.61 Å². The van der Waals surface area contributed by atoms with E-state index in [0.717, 1.165) is 6.42 Å². The normalized spacial score (nSPS) is 11.9. The average molecular weight is 298 g/mol. The molecule has 4 nitrogen and oxygen atoms in total. The van der Waals surface area contributed by atoms with Crippen molar-refractivity contribution in [2.45, 2.75) is 13.3 Å². The zero-order valence-electron chi connectivity index (χ0n) is 5.25. The smallest absolute Gasteiger partial charge is 0.286 e. The van der Waals surface area contributed by atoms with Gasteiger partial charge >= 0.3 is 7.82 Å². The highest BCUT2D eigenvalue weighted by molar-refractivity contribution is 9.07. The fourth-order valence-corrected chi connectivity index (χ4v) is 2.09. The second-order valence-electron chi connectivity index (χ2n) is 1.42. The van der Waals surface area contributed by atoms with Gasteiger partial charge in [-0.1, -0.05) is 6.92 Å². The zero-order chi connectivity index (χ0) is 8.04. The molecule has 0 radical (unpaired) electrons. The quantitative estimate of drug-likeness (QED) is 0.731. The highest BCUT2D eigenvalue weighted by atomic mass is 79.9. The SMILES string of the molecule is CCCOP(=O)(OBr)OBr. The monoisotopic (exact) mass is 296 g/mol. The van der Waals surface area contributed by atoms with Crippen molar-refractivity contribution >= 4 is 40.3 Å². The van der Waals surface area contributed by atoms with Crippen molar-refractivity contribution in [3.8, 4) is 0 Å². The van der Waals surface area contributed by atoms with Gasteiger partial charge in [0.15, 0.2) is 0 Å². The molecule has 0 aromatic carbocycles. The molecular weight excluding hydrogens is 291 g/mol. The molecule has 0 aliphatic heterocycles. The van der Waals surface area contributed by atoms with Crippen LogP contribution in [0.25, 0.3) is 0 Å². The number of hydrogen-bond donors (Lipinski definition) is 0. The summed E-state index contributed by atoms with van der Waals surface area (Å²) in [5.74, 6) is 0. The molecule has 0 bridgehead atoms. The van der Waals surface area contributed by atoms with E-state index >= 15 is 0 Å². The van der Waals surface area contributed by atoms with Gasteiger partial charge in [0, 0.05) is 0 Å². The molecule has 0 saturated heterocycles. The minimum Gasteiger partial charge on any atom is -0.286 e. The van der Waals surface area contributed by atoms with E-state index in [1.54, 1.807) is 0 Å². The van der Waals surface area contributed by atoms with Crippen LogP contribution in [0.4, 0.5) is 0 Å². The molecule has 0 atom stereocenters. The molecule has 7 heteroatoms. The summed E-state index contributed by atoms with van der Waals surface area (Å²) in [5, 5.41) is 0. The van der Waals surface area contributed by atoms with Crippen molar-refractivity contribution in [2.75, 3.05) is 6.61 Å². The lowest BCUT2D eigenvalue weighted by molar-refractivity contribution is 0.233. The summed E-state index contributed by atoms with van der Waals surface area (Å²) < 4.78 is 24.2. The third kappa shape index (κ3) is 4.05. The van der Waals surface area contributed by atoms with Gasteiger partial charge in [-0.05, 0) is 6.42 Å². The molecule has 0 amide bonds. The van der Waals surface area contributed by atoms with Crippen molar-refractivity contribution in [3.63, 3.8) is 0 Å². The van der Waals surface area contributed by atoms with E-state index in [2.05, 4.69) is 39.7 Å². The van der Waals surface area contributed by atoms with Crippen molar-refractivity contribution < 1.29 is 16.3 Å². The first kappa shape index (κ1) is 11.1. The third-order valence-electron chi connectivity index (χ3n) is 0.623. The molecule has 10 heavy (non-hydrogen) atoms. The van der Waals surface area contributed by atoms with Crippen LogP contribution in [0.15, 0.2) is 0 Å². The van der Waals surface area contributed by atoms with Crippen LogP contribution in [0.3, 0.4) is 0 Å². The van der Waals surface area contributed by atoms with Crippen LogP contribution < -0.4 is 0 Å². The van der Waals surface area contributed by atoms with Crippen LogP contribution in [0, 0.1) is 0 Å². The van der Waals surface area contributed by atoms with Crippen LogP contribution in [-0.4, -0.2) is 6.61 Å². The topological polar surface area (TPSA) is 44.8 Å². The van der Waals surface area contributed by atoms with Gasteiger partial charge in [0.25, 0.3) is 0 Å². The molecule has 62 valence electrons. The molecular formula is C3H7Br2O4P. The van der Waals surface area contributed by atoms with Gasteiger partial charge < -0.3 is 0 Å². The van der Waals surface area contributed by atoms with Gasteiger partial charge in [-0.2, -0.15) is 0 Å². The average Bonchev–Trinajstić information content (AvgIpc) is 2.00. The van der Waals surface area contributed by atoms with E-state index < -0.39 is 7.82 Å². The predicted octanol–water partition coefficient (Wildman–Crippen LogP) is 3.17. The number of halogens is 2. The maximum absolute atomic E-state index is 10.9. The van der Waals surface area contributed by atoms with E-state index in [-0.39, 0.29) is 0 Å². The second kappa shape index (κ2) is 5.69. The Morgan fingerprint density at radius 3 is 2.20 bits per heavy atom. The van der Waals surface area contributed by atoms with Gasteiger partial charge in [0.05, 0.1) is 6.61 Å². The van der Waals surface area contributed by atoms with Crippen molar-refractivity contribution in [1.29, 1.82) is 0 Å². The zero-order valence-corrected chi connectivity index (χ0v) is 9.32. The van der Waals surface area contributed by atoms with Gasteiger partial charge in [0.2, 0.25) is 0 Å². The maximum atomic E-state index is 10.9. The van der Waals surface area contributed by atoms with Crippen molar-refractivity contribution in [2.24, 2.45) is 0 Å². The van der Waals surface area contributed by atoms with Gasteiger partial charge in [-0.25, -0.2) is 11.8 Å². The summed E-state index contributed by atoms with van der Waals surface area (Å²) in [6, 6.07) is 0. The Kier molecular flexibility index (Phi) is 6.29. The largest absolute Gasteiger partial charge is 0.497 e. The molecule has 0 rings (SSSR count). The fourth-order valence-electron chi connectivity index (χ4n) is 0.254.